The van der Waals surface area contributed by atoms with Gasteiger partial charge in [0.1, 0.15) is 6.54 Å². The summed E-state index contributed by atoms with van der Waals surface area (Å²) in [5.41, 5.74) is 1.51. The smallest absolute Gasteiger partial charge is 0.266 e. The topological polar surface area (TPSA) is 91.6 Å². The van der Waals surface area contributed by atoms with Gasteiger partial charge in [0.05, 0.1) is 13.2 Å². The van der Waals surface area contributed by atoms with Crippen molar-refractivity contribution in [3.63, 3.8) is 0 Å². The zero-order chi connectivity index (χ0) is 20.8. The van der Waals surface area contributed by atoms with Crippen LogP contribution in [0.5, 0.6) is 0 Å². The van der Waals surface area contributed by atoms with Crippen molar-refractivity contribution in [1.82, 2.24) is 35.5 Å². The summed E-state index contributed by atoms with van der Waals surface area (Å²) in [5, 5.41) is 20.0. The first-order chi connectivity index (χ1) is 14.7. The van der Waals surface area contributed by atoms with Crippen LogP contribution in [0.25, 0.3) is 0 Å². The van der Waals surface area contributed by atoms with Gasteiger partial charge in [-0.15, -0.1) is 5.10 Å². The minimum Gasteiger partial charge on any atom is -0.378 e. The molecule has 0 radical (unpaired) electrons. The molecular weight excluding hydrogens is 404 g/mol. The number of amides is 1. The number of allylic oxidation sites excluding steroid dienone is 1. The Labute approximate surface area is 182 Å². The molecule has 1 N–H and O–H groups in total. The largest absolute Gasteiger partial charge is 0.378 e. The second-order valence-corrected chi connectivity index (χ2v) is 8.19. The number of hydrogen-bond acceptors (Lipinski definition) is 7. The van der Waals surface area contributed by atoms with Crippen molar-refractivity contribution in [2.45, 2.75) is 45.1 Å². The third kappa shape index (κ3) is 5.25. The molecule has 4 rings (SSSR count). The van der Waals surface area contributed by atoms with E-state index < -0.39 is 0 Å². The maximum Gasteiger partial charge on any atom is 0.266 e. The first-order valence-corrected chi connectivity index (χ1v) is 11.3. The van der Waals surface area contributed by atoms with E-state index in [2.05, 4.69) is 26.8 Å². The Morgan fingerprint density at radius 3 is 2.77 bits per heavy atom. The van der Waals surface area contributed by atoms with Gasteiger partial charge in [0.2, 0.25) is 0 Å². The average Bonchev–Trinajstić information content (AvgIpc) is 3.45. The molecule has 2 aliphatic heterocycles. The second-order valence-electron chi connectivity index (χ2n) is 7.80. The second kappa shape index (κ2) is 10.2. The van der Waals surface area contributed by atoms with Crippen molar-refractivity contribution in [2.24, 2.45) is 0 Å². The molecule has 2 fully saturated rings. The Hall–Kier alpha value is -2.27. The molecular formula is C19H30N8O2S. The Kier molecular flexibility index (Phi) is 7.11. The zero-order valence-corrected chi connectivity index (χ0v) is 18.1. The summed E-state index contributed by atoms with van der Waals surface area (Å²) in [7, 11) is 0. The molecule has 2 saturated heterocycles. The van der Waals surface area contributed by atoms with Gasteiger partial charge in [-0.2, -0.15) is 4.80 Å². The van der Waals surface area contributed by atoms with Crippen LogP contribution in [0.2, 0.25) is 0 Å². The Morgan fingerprint density at radius 1 is 1.13 bits per heavy atom. The molecule has 10 nitrogen and oxygen atoms in total. The number of rotatable bonds is 6. The van der Waals surface area contributed by atoms with E-state index in [1.54, 1.807) is 5.01 Å². The number of morpholine rings is 1. The molecule has 0 atom stereocenters. The summed E-state index contributed by atoms with van der Waals surface area (Å²) >= 11 is 5.56. The van der Waals surface area contributed by atoms with Gasteiger partial charge in [0.15, 0.2) is 5.11 Å². The van der Waals surface area contributed by atoms with Gasteiger partial charge in [-0.25, -0.2) is 0 Å². The van der Waals surface area contributed by atoms with Crippen molar-refractivity contribution in [2.75, 3.05) is 50.8 Å². The van der Waals surface area contributed by atoms with Crippen LogP contribution in [0.4, 0.5) is 5.95 Å². The number of ether oxygens (including phenoxy) is 1. The fraction of sp³-hybridized carbons (Fsp3) is 0.737. The van der Waals surface area contributed by atoms with Crippen molar-refractivity contribution in [1.29, 1.82) is 0 Å². The van der Waals surface area contributed by atoms with E-state index in [1.165, 1.54) is 36.1 Å². The van der Waals surface area contributed by atoms with Crippen molar-refractivity contribution < 1.29 is 9.53 Å². The number of anilines is 1. The highest BCUT2D eigenvalue weighted by atomic mass is 32.1. The first-order valence-electron chi connectivity index (χ1n) is 10.8. The lowest BCUT2D eigenvalue weighted by atomic mass is 9.97. The predicted octanol–water partition coefficient (Wildman–Crippen LogP) is 0.724. The number of nitrogens with zero attached hydrogens (tertiary/aromatic N) is 7. The van der Waals surface area contributed by atoms with Crippen LogP contribution in [0, 0.1) is 0 Å². The number of tetrazole rings is 1. The van der Waals surface area contributed by atoms with Crippen LogP contribution < -0.4 is 10.2 Å². The van der Waals surface area contributed by atoms with Crippen molar-refractivity contribution in [3.8, 4) is 0 Å². The highest BCUT2D eigenvalue weighted by Crippen LogP contribution is 2.19. The number of carbonyl (C=O) groups excluding carboxylic acids is 1. The first kappa shape index (κ1) is 21.0. The maximum atomic E-state index is 12.9. The Bertz CT molecular complexity index is 776. The number of hydrogen-bond donors (Lipinski definition) is 1. The fourth-order valence-corrected chi connectivity index (χ4v) is 4.32. The molecule has 0 saturated carbocycles. The molecule has 30 heavy (non-hydrogen) atoms. The molecule has 164 valence electrons. The Balaban J connectivity index is 1.27. The van der Waals surface area contributed by atoms with Crippen LogP contribution in [-0.2, 0) is 16.1 Å². The normalized spacial score (nSPS) is 19.7. The highest BCUT2D eigenvalue weighted by molar-refractivity contribution is 7.80. The van der Waals surface area contributed by atoms with Crippen LogP contribution in [0.1, 0.15) is 38.5 Å². The summed E-state index contributed by atoms with van der Waals surface area (Å²) < 4.78 is 5.34. The molecule has 0 aromatic carbocycles. The predicted molar refractivity (Wildman–Crippen MR) is 116 cm³/mol. The van der Waals surface area contributed by atoms with Gasteiger partial charge < -0.3 is 15.0 Å². The van der Waals surface area contributed by atoms with Crippen LogP contribution in [0.3, 0.4) is 0 Å². The standard InChI is InChI=1S/C19H30N8O2S/c28-17(15-27-22-18(21-23-27)24-11-13-29-14-12-24)25-9-4-10-26(25)19(30)20-8-7-16-5-2-1-3-6-16/h5H,1-4,6-15H2,(H,20,30). The molecule has 1 aromatic heterocycles. The summed E-state index contributed by atoms with van der Waals surface area (Å²) in [6.45, 7) is 5.00. The van der Waals surface area contributed by atoms with Crippen LogP contribution >= 0.6 is 12.2 Å². The lowest BCUT2D eigenvalue weighted by Gasteiger charge is -2.30. The molecule has 0 unspecified atom stereocenters. The minimum absolute atomic E-state index is 0.0450. The van der Waals surface area contributed by atoms with Crippen molar-refractivity contribution >= 4 is 29.2 Å². The quantitative estimate of drug-likeness (QED) is 0.514. The highest BCUT2D eigenvalue weighted by Gasteiger charge is 2.29. The van der Waals surface area contributed by atoms with E-state index in [1.807, 2.05) is 9.91 Å². The molecule has 1 aromatic rings. The fourth-order valence-electron chi connectivity index (χ4n) is 4.03. The molecule has 1 amide bonds. The van der Waals surface area contributed by atoms with Crippen LogP contribution in [-0.4, -0.2) is 87.2 Å². The third-order valence-corrected chi connectivity index (χ3v) is 6.03. The van der Waals surface area contributed by atoms with Gasteiger partial charge in [-0.05, 0) is 56.0 Å². The van der Waals surface area contributed by atoms with E-state index in [0.29, 0.717) is 30.8 Å². The van der Waals surface area contributed by atoms with Gasteiger partial charge in [0, 0.05) is 32.7 Å². The molecule has 0 spiro atoms. The average molecular weight is 435 g/mol. The van der Waals surface area contributed by atoms with E-state index in [0.717, 1.165) is 39.0 Å². The lowest BCUT2D eigenvalue weighted by molar-refractivity contribution is -0.140. The lowest BCUT2D eigenvalue weighted by Crippen LogP contribution is -2.50. The van der Waals surface area contributed by atoms with E-state index in [4.69, 9.17) is 17.0 Å². The van der Waals surface area contributed by atoms with Gasteiger partial charge in [0.25, 0.3) is 11.9 Å². The summed E-state index contributed by atoms with van der Waals surface area (Å²) in [6.07, 6.45) is 9.23. The van der Waals surface area contributed by atoms with E-state index in [9.17, 15) is 4.79 Å². The van der Waals surface area contributed by atoms with Gasteiger partial charge >= 0.3 is 0 Å². The van der Waals surface area contributed by atoms with E-state index >= 15 is 0 Å². The molecule has 0 bridgehead atoms. The summed E-state index contributed by atoms with van der Waals surface area (Å²) in [4.78, 5) is 16.2. The maximum absolute atomic E-state index is 12.9. The summed E-state index contributed by atoms with van der Waals surface area (Å²) in [5.74, 6) is 0.455. The SMILES string of the molecule is O=C(Cn1nnc(N2CCOCC2)n1)N1CCCN1C(=S)NCCC1=CCCCC1. The molecule has 3 heterocycles. The number of nitrogens with one attached hydrogen (secondary N) is 1. The minimum atomic E-state index is -0.0856. The van der Waals surface area contributed by atoms with Gasteiger partial charge in [-0.1, -0.05) is 16.7 Å². The molecule has 1 aliphatic carbocycles. The number of hydrazine groups is 1. The zero-order valence-electron chi connectivity index (χ0n) is 17.3. The molecule has 11 heteroatoms. The number of carbonyl (C=O) groups is 1. The molecule has 3 aliphatic rings. The number of aromatic nitrogens is 4. The Morgan fingerprint density at radius 2 is 1.97 bits per heavy atom. The number of thiocarbonyl (C=S) groups is 1. The van der Waals surface area contributed by atoms with Crippen LogP contribution in [0.15, 0.2) is 11.6 Å². The van der Waals surface area contributed by atoms with Crippen molar-refractivity contribution in [3.05, 3.63) is 11.6 Å². The third-order valence-electron chi connectivity index (χ3n) is 5.67. The van der Waals surface area contributed by atoms with E-state index in [-0.39, 0.29) is 12.5 Å². The summed E-state index contributed by atoms with van der Waals surface area (Å²) in [6, 6.07) is 0. The van der Waals surface area contributed by atoms with Gasteiger partial charge in [-0.3, -0.25) is 14.8 Å². The monoisotopic (exact) mass is 434 g/mol.